The highest BCUT2D eigenvalue weighted by Crippen LogP contribution is 2.35. The summed E-state index contributed by atoms with van der Waals surface area (Å²) in [5.74, 6) is 1.58. The molecule has 0 amide bonds. The molecule has 1 heteroatoms. The average Bonchev–Trinajstić information content (AvgIpc) is 3.11. The van der Waals surface area contributed by atoms with Crippen LogP contribution in [0.3, 0.4) is 0 Å². The van der Waals surface area contributed by atoms with Gasteiger partial charge >= 0.3 is 0 Å². The normalized spacial score (nSPS) is 20.5. The lowest BCUT2D eigenvalue weighted by atomic mass is 9.84. The van der Waals surface area contributed by atoms with Crippen LogP contribution in [0.1, 0.15) is 53.9 Å². The Morgan fingerprint density at radius 3 is 2.25 bits per heavy atom. The smallest absolute Gasteiger partial charge is 0.0124 e. The first-order valence-electron chi connectivity index (χ1n) is 7.08. The third-order valence-corrected chi connectivity index (χ3v) is 4.22. The Balaban J connectivity index is 2.59. The topological polar surface area (TPSA) is 3.24 Å². The maximum Gasteiger partial charge on any atom is 0.0124 e. The van der Waals surface area contributed by atoms with Crippen molar-refractivity contribution in [3.63, 3.8) is 0 Å². The van der Waals surface area contributed by atoms with Gasteiger partial charge in [0.2, 0.25) is 0 Å². The molecule has 0 saturated carbocycles. The van der Waals surface area contributed by atoms with Gasteiger partial charge in [0.25, 0.3) is 0 Å². The minimum absolute atomic E-state index is 0.765. The van der Waals surface area contributed by atoms with Crippen LogP contribution in [-0.2, 0) is 0 Å². The van der Waals surface area contributed by atoms with Crippen molar-refractivity contribution in [3.05, 3.63) is 11.6 Å². The third kappa shape index (κ3) is 3.35. The summed E-state index contributed by atoms with van der Waals surface area (Å²) in [4.78, 5) is 2.67. The summed E-state index contributed by atoms with van der Waals surface area (Å²) in [7, 11) is 0. The number of hydrogen-bond acceptors (Lipinski definition) is 1. The van der Waals surface area contributed by atoms with Gasteiger partial charge in [-0.3, -0.25) is 0 Å². The molecular formula is C15H29N. The Hall–Kier alpha value is -0.300. The number of allylic oxidation sites excluding steroid dienone is 2. The number of nitrogens with zero attached hydrogens (tertiary/aromatic N) is 1. The van der Waals surface area contributed by atoms with E-state index in [0.29, 0.717) is 0 Å². The minimum Gasteiger partial charge on any atom is -0.300 e. The van der Waals surface area contributed by atoms with E-state index < -0.39 is 0 Å². The summed E-state index contributed by atoms with van der Waals surface area (Å²) >= 11 is 0. The minimum atomic E-state index is 0.765. The summed E-state index contributed by atoms with van der Waals surface area (Å²) in [6.07, 6.45) is 6.23. The van der Waals surface area contributed by atoms with Gasteiger partial charge in [-0.1, -0.05) is 46.3 Å². The largest absolute Gasteiger partial charge is 0.300 e. The van der Waals surface area contributed by atoms with Crippen molar-refractivity contribution in [3.8, 4) is 0 Å². The molecule has 0 aliphatic heterocycles. The van der Waals surface area contributed by atoms with Gasteiger partial charge in [0.05, 0.1) is 0 Å². The molecule has 94 valence electrons. The summed E-state index contributed by atoms with van der Waals surface area (Å²) in [5.41, 5.74) is 1.69. The van der Waals surface area contributed by atoms with E-state index >= 15 is 0 Å². The van der Waals surface area contributed by atoms with Crippen LogP contribution in [0.5, 0.6) is 0 Å². The molecule has 3 atom stereocenters. The number of rotatable bonds is 8. The Morgan fingerprint density at radius 2 is 1.88 bits per heavy atom. The summed E-state index contributed by atoms with van der Waals surface area (Å²) in [6, 6.07) is 0.765. The highest BCUT2D eigenvalue weighted by Gasteiger charge is 2.29. The van der Waals surface area contributed by atoms with Gasteiger partial charge in [0.15, 0.2) is 0 Å². The van der Waals surface area contributed by atoms with Crippen molar-refractivity contribution < 1.29 is 0 Å². The van der Waals surface area contributed by atoms with E-state index in [1.54, 1.807) is 5.57 Å². The molecule has 0 fully saturated rings. The molecule has 16 heavy (non-hydrogen) atoms. The van der Waals surface area contributed by atoms with Crippen LogP contribution in [-0.4, -0.2) is 24.0 Å². The fourth-order valence-corrected chi connectivity index (χ4v) is 2.91. The quantitative estimate of drug-likeness (QED) is 0.560. The average molecular weight is 223 g/mol. The zero-order valence-electron chi connectivity index (χ0n) is 11.8. The highest BCUT2D eigenvalue weighted by molar-refractivity contribution is 5.25. The van der Waals surface area contributed by atoms with E-state index in [1.165, 1.54) is 32.4 Å². The van der Waals surface area contributed by atoms with Gasteiger partial charge in [0.1, 0.15) is 0 Å². The molecule has 0 aromatic rings. The van der Waals surface area contributed by atoms with Gasteiger partial charge in [-0.2, -0.15) is 0 Å². The fraction of sp³-hybridized carbons (Fsp3) is 0.867. The van der Waals surface area contributed by atoms with E-state index in [0.717, 1.165) is 17.9 Å². The van der Waals surface area contributed by atoms with Crippen molar-refractivity contribution in [2.75, 3.05) is 13.1 Å². The second kappa shape index (κ2) is 6.44. The molecule has 0 aromatic heterocycles. The molecule has 1 rings (SSSR count). The van der Waals surface area contributed by atoms with E-state index in [4.69, 9.17) is 0 Å². The SMILES string of the molecule is CCCN(CC)C(CC)C(C)C(C)C1=CC1. The van der Waals surface area contributed by atoms with Crippen LogP contribution in [0.2, 0.25) is 0 Å². The van der Waals surface area contributed by atoms with Gasteiger partial charge in [-0.15, -0.1) is 0 Å². The lowest BCUT2D eigenvalue weighted by Crippen LogP contribution is -2.41. The van der Waals surface area contributed by atoms with Crippen molar-refractivity contribution in [2.24, 2.45) is 11.8 Å². The summed E-state index contributed by atoms with van der Waals surface area (Å²) in [5, 5.41) is 0. The zero-order chi connectivity index (χ0) is 12.1. The molecule has 0 heterocycles. The molecule has 0 radical (unpaired) electrons. The molecule has 0 spiro atoms. The van der Waals surface area contributed by atoms with Gasteiger partial charge in [-0.05, 0) is 44.2 Å². The first-order valence-corrected chi connectivity index (χ1v) is 7.08. The number of hydrogen-bond donors (Lipinski definition) is 0. The van der Waals surface area contributed by atoms with Crippen LogP contribution in [0, 0.1) is 11.8 Å². The van der Waals surface area contributed by atoms with E-state index in [1.807, 2.05) is 0 Å². The van der Waals surface area contributed by atoms with Crippen LogP contribution >= 0.6 is 0 Å². The predicted molar refractivity (Wildman–Crippen MR) is 72.6 cm³/mol. The summed E-state index contributed by atoms with van der Waals surface area (Å²) in [6.45, 7) is 14.2. The maximum absolute atomic E-state index is 2.67. The summed E-state index contributed by atoms with van der Waals surface area (Å²) < 4.78 is 0. The lowest BCUT2D eigenvalue weighted by Gasteiger charge is -2.36. The molecule has 1 nitrogen and oxygen atoms in total. The standard InChI is InChI=1S/C15H29N/c1-6-11-16(8-3)15(7-2)13(5)12(4)14-9-10-14/h9,12-13,15H,6-8,10-11H2,1-5H3. The Morgan fingerprint density at radius 1 is 1.25 bits per heavy atom. The second-order valence-corrected chi connectivity index (χ2v) is 5.24. The van der Waals surface area contributed by atoms with Crippen molar-refractivity contribution in [1.82, 2.24) is 4.90 Å². The van der Waals surface area contributed by atoms with Crippen molar-refractivity contribution >= 4 is 0 Å². The molecular weight excluding hydrogens is 194 g/mol. The second-order valence-electron chi connectivity index (χ2n) is 5.24. The first-order chi connectivity index (χ1) is 7.65. The van der Waals surface area contributed by atoms with E-state index in [-0.39, 0.29) is 0 Å². The monoisotopic (exact) mass is 223 g/mol. The van der Waals surface area contributed by atoms with Gasteiger partial charge < -0.3 is 4.90 Å². The Labute approximate surface area is 102 Å². The molecule has 1 aliphatic rings. The van der Waals surface area contributed by atoms with Crippen molar-refractivity contribution in [1.29, 1.82) is 0 Å². The molecule has 0 bridgehead atoms. The van der Waals surface area contributed by atoms with Crippen LogP contribution in [0.15, 0.2) is 11.6 Å². The first kappa shape index (κ1) is 13.8. The molecule has 1 aliphatic carbocycles. The maximum atomic E-state index is 2.67. The molecule has 0 aromatic carbocycles. The molecule has 0 saturated heterocycles. The third-order valence-electron chi connectivity index (χ3n) is 4.22. The van der Waals surface area contributed by atoms with Crippen molar-refractivity contribution in [2.45, 2.75) is 59.9 Å². The van der Waals surface area contributed by atoms with Gasteiger partial charge in [0, 0.05) is 6.04 Å². The fourth-order valence-electron chi connectivity index (χ4n) is 2.91. The highest BCUT2D eigenvalue weighted by atomic mass is 15.1. The zero-order valence-corrected chi connectivity index (χ0v) is 11.8. The Kier molecular flexibility index (Phi) is 5.54. The van der Waals surface area contributed by atoms with Crippen LogP contribution < -0.4 is 0 Å². The van der Waals surface area contributed by atoms with Gasteiger partial charge in [-0.25, -0.2) is 0 Å². The molecule has 0 N–H and O–H groups in total. The molecule has 3 unspecified atom stereocenters. The van der Waals surface area contributed by atoms with E-state index in [9.17, 15) is 0 Å². The Bertz CT molecular complexity index is 232. The van der Waals surface area contributed by atoms with E-state index in [2.05, 4.69) is 45.6 Å². The lowest BCUT2D eigenvalue weighted by molar-refractivity contribution is 0.131. The van der Waals surface area contributed by atoms with Crippen LogP contribution in [0.4, 0.5) is 0 Å². The predicted octanol–water partition coefficient (Wildman–Crippen LogP) is 4.10. The van der Waals surface area contributed by atoms with Crippen LogP contribution in [0.25, 0.3) is 0 Å².